The number of benzene rings is 1. The predicted molar refractivity (Wildman–Crippen MR) is 69.3 cm³/mol. The molecule has 0 amide bonds. The van der Waals surface area contributed by atoms with Crippen molar-refractivity contribution in [1.82, 2.24) is 0 Å². The molecule has 3 N–H and O–H groups in total. The predicted octanol–water partition coefficient (Wildman–Crippen LogP) is 2.88. The van der Waals surface area contributed by atoms with Gasteiger partial charge in [-0.25, -0.2) is 0 Å². The van der Waals surface area contributed by atoms with Gasteiger partial charge >= 0.3 is 5.97 Å². The Morgan fingerprint density at radius 2 is 2.00 bits per heavy atom. The van der Waals surface area contributed by atoms with E-state index in [0.29, 0.717) is 6.42 Å². The highest BCUT2D eigenvalue weighted by Crippen LogP contribution is 2.31. The van der Waals surface area contributed by atoms with E-state index in [9.17, 15) is 4.79 Å². The Morgan fingerprint density at radius 3 is 2.53 bits per heavy atom. The maximum Gasteiger partial charge on any atom is 0.320 e. The van der Waals surface area contributed by atoms with Crippen LogP contribution in [0.25, 0.3) is 0 Å². The normalized spacial score (nSPS) is 16.2. The summed E-state index contributed by atoms with van der Waals surface area (Å²) in [5, 5.41) is 9.51. The van der Waals surface area contributed by atoms with Crippen molar-refractivity contribution in [3.05, 3.63) is 34.9 Å². The zero-order valence-corrected chi connectivity index (χ0v) is 10.8. The van der Waals surface area contributed by atoms with Gasteiger partial charge in [0.25, 0.3) is 0 Å². The van der Waals surface area contributed by atoms with Gasteiger partial charge in [0.05, 0.1) is 0 Å². The average Bonchev–Trinajstić information content (AvgIpc) is 2.28. The van der Waals surface area contributed by atoms with Gasteiger partial charge in [0.1, 0.15) is 6.04 Å². The molecular weight excluding hydrogens is 238 g/mol. The monoisotopic (exact) mass is 255 g/mol. The number of halogens is 1. The molecular formula is C13H18ClNO2. The molecule has 0 saturated heterocycles. The summed E-state index contributed by atoms with van der Waals surface area (Å²) in [6, 6.07) is 6.82. The van der Waals surface area contributed by atoms with Crippen molar-refractivity contribution in [3.8, 4) is 0 Å². The average molecular weight is 256 g/mol. The van der Waals surface area contributed by atoms with Crippen LogP contribution in [0.1, 0.15) is 31.7 Å². The molecule has 17 heavy (non-hydrogen) atoms. The van der Waals surface area contributed by atoms with Crippen LogP contribution in [-0.2, 0) is 4.79 Å². The van der Waals surface area contributed by atoms with E-state index in [1.165, 1.54) is 0 Å². The summed E-state index contributed by atoms with van der Waals surface area (Å²) in [6.07, 6.45) is 0.446. The maximum absolute atomic E-state index is 10.7. The van der Waals surface area contributed by atoms with Gasteiger partial charge in [-0.15, -0.1) is 0 Å². The van der Waals surface area contributed by atoms with Crippen molar-refractivity contribution in [1.29, 1.82) is 0 Å². The second kappa shape index (κ2) is 6.03. The number of nitrogens with two attached hydrogens (primary N) is 1. The van der Waals surface area contributed by atoms with E-state index in [4.69, 9.17) is 22.4 Å². The number of hydrogen-bond donors (Lipinski definition) is 2. The standard InChI is InChI=1S/C13H18ClNO2/c1-8(7-12(15)13(16)17)9(2)10-5-3-4-6-11(10)14/h3-6,8-9,12H,7,15H2,1-2H3,(H,16,17). The summed E-state index contributed by atoms with van der Waals surface area (Å²) in [5.41, 5.74) is 6.58. The lowest BCUT2D eigenvalue weighted by Crippen LogP contribution is -2.32. The number of carboxylic acid groups (broad SMARTS) is 1. The lowest BCUT2D eigenvalue weighted by Gasteiger charge is -2.22. The van der Waals surface area contributed by atoms with E-state index in [0.717, 1.165) is 10.6 Å². The van der Waals surface area contributed by atoms with Crippen molar-refractivity contribution in [2.75, 3.05) is 0 Å². The van der Waals surface area contributed by atoms with Crippen molar-refractivity contribution in [2.24, 2.45) is 11.7 Å². The van der Waals surface area contributed by atoms with Crippen LogP contribution in [0.5, 0.6) is 0 Å². The molecule has 0 radical (unpaired) electrons. The van der Waals surface area contributed by atoms with Crippen LogP contribution < -0.4 is 5.73 Å². The Morgan fingerprint density at radius 1 is 1.41 bits per heavy atom. The molecule has 0 spiro atoms. The Kier molecular flexibility index (Phi) is 4.97. The van der Waals surface area contributed by atoms with Gasteiger partial charge < -0.3 is 10.8 Å². The summed E-state index contributed by atoms with van der Waals surface area (Å²) in [7, 11) is 0. The molecule has 0 bridgehead atoms. The van der Waals surface area contributed by atoms with Crippen LogP contribution >= 0.6 is 11.6 Å². The van der Waals surface area contributed by atoms with Gasteiger partial charge in [-0.2, -0.15) is 0 Å². The highest BCUT2D eigenvalue weighted by Gasteiger charge is 2.22. The molecule has 0 aliphatic heterocycles. The first-order valence-electron chi connectivity index (χ1n) is 5.66. The molecule has 1 aromatic carbocycles. The highest BCUT2D eigenvalue weighted by atomic mass is 35.5. The first-order chi connectivity index (χ1) is 7.93. The first kappa shape index (κ1) is 14.0. The van der Waals surface area contributed by atoms with E-state index in [-0.39, 0.29) is 11.8 Å². The van der Waals surface area contributed by atoms with Crippen LogP contribution in [0.2, 0.25) is 5.02 Å². The van der Waals surface area contributed by atoms with Crippen LogP contribution in [0, 0.1) is 5.92 Å². The molecule has 0 fully saturated rings. The molecule has 0 aromatic heterocycles. The van der Waals surface area contributed by atoms with Crippen molar-refractivity contribution in [3.63, 3.8) is 0 Å². The van der Waals surface area contributed by atoms with Gasteiger partial charge in [0.15, 0.2) is 0 Å². The van der Waals surface area contributed by atoms with Gasteiger partial charge in [-0.1, -0.05) is 43.6 Å². The SMILES string of the molecule is CC(CC(N)C(=O)O)C(C)c1ccccc1Cl. The second-order valence-corrected chi connectivity index (χ2v) is 4.88. The summed E-state index contributed by atoms with van der Waals surface area (Å²) in [5.74, 6) is -0.599. The van der Waals surface area contributed by atoms with Crippen molar-refractivity contribution < 1.29 is 9.90 Å². The Bertz CT molecular complexity index is 395. The summed E-state index contributed by atoms with van der Waals surface area (Å²) in [4.78, 5) is 10.7. The minimum atomic E-state index is -0.955. The van der Waals surface area contributed by atoms with E-state index in [1.54, 1.807) is 0 Å². The van der Waals surface area contributed by atoms with Crippen LogP contribution in [0.4, 0.5) is 0 Å². The van der Waals surface area contributed by atoms with E-state index >= 15 is 0 Å². The zero-order chi connectivity index (χ0) is 13.0. The topological polar surface area (TPSA) is 63.3 Å². The number of carbonyl (C=O) groups is 1. The largest absolute Gasteiger partial charge is 0.480 e. The van der Waals surface area contributed by atoms with Crippen LogP contribution in [0.15, 0.2) is 24.3 Å². The fourth-order valence-corrected chi connectivity index (χ4v) is 2.16. The van der Waals surface area contributed by atoms with Crippen LogP contribution in [0.3, 0.4) is 0 Å². The number of carboxylic acids is 1. The molecule has 0 aliphatic rings. The van der Waals surface area contributed by atoms with Crippen molar-refractivity contribution >= 4 is 17.6 Å². The fourth-order valence-electron chi connectivity index (χ4n) is 1.86. The van der Waals surface area contributed by atoms with Crippen LogP contribution in [-0.4, -0.2) is 17.1 Å². The Labute approximate surface area is 107 Å². The van der Waals surface area contributed by atoms with Gasteiger partial charge in [-0.3, -0.25) is 4.79 Å². The second-order valence-electron chi connectivity index (χ2n) is 4.47. The number of rotatable bonds is 5. The fraction of sp³-hybridized carbons (Fsp3) is 0.462. The third-order valence-corrected chi connectivity index (χ3v) is 3.54. The molecule has 1 aromatic rings. The summed E-state index contributed by atoms with van der Waals surface area (Å²) >= 11 is 6.11. The molecule has 3 nitrogen and oxygen atoms in total. The molecule has 3 unspecified atom stereocenters. The third-order valence-electron chi connectivity index (χ3n) is 3.19. The molecule has 1 rings (SSSR count). The van der Waals surface area contributed by atoms with Gasteiger partial charge in [-0.05, 0) is 29.9 Å². The minimum Gasteiger partial charge on any atom is -0.480 e. The molecule has 0 saturated carbocycles. The van der Waals surface area contributed by atoms with Crippen molar-refractivity contribution in [2.45, 2.75) is 32.2 Å². The third kappa shape index (κ3) is 3.72. The number of aliphatic carboxylic acids is 1. The Hall–Kier alpha value is -1.06. The quantitative estimate of drug-likeness (QED) is 0.850. The summed E-state index contributed by atoms with van der Waals surface area (Å²) < 4.78 is 0. The zero-order valence-electron chi connectivity index (χ0n) is 10.1. The van der Waals surface area contributed by atoms with Gasteiger partial charge in [0.2, 0.25) is 0 Å². The maximum atomic E-state index is 10.7. The Balaban J connectivity index is 2.73. The highest BCUT2D eigenvalue weighted by molar-refractivity contribution is 6.31. The number of hydrogen-bond acceptors (Lipinski definition) is 2. The molecule has 94 valence electrons. The molecule has 4 heteroatoms. The smallest absolute Gasteiger partial charge is 0.320 e. The lowest BCUT2D eigenvalue weighted by molar-refractivity contribution is -0.138. The lowest BCUT2D eigenvalue weighted by atomic mass is 9.85. The first-order valence-corrected chi connectivity index (χ1v) is 6.04. The van der Waals surface area contributed by atoms with Gasteiger partial charge in [0, 0.05) is 5.02 Å². The van der Waals surface area contributed by atoms with E-state index in [2.05, 4.69) is 0 Å². The van der Waals surface area contributed by atoms with E-state index < -0.39 is 12.0 Å². The van der Waals surface area contributed by atoms with E-state index in [1.807, 2.05) is 38.1 Å². The minimum absolute atomic E-state index is 0.168. The summed E-state index contributed by atoms with van der Waals surface area (Å²) in [6.45, 7) is 4.04. The molecule has 0 aliphatic carbocycles. The molecule has 0 heterocycles. The molecule has 3 atom stereocenters.